The number of hydrogen-bond acceptors (Lipinski definition) is 8. The molecule has 11 heteroatoms. The van der Waals surface area contributed by atoms with E-state index in [0.717, 1.165) is 16.7 Å². The molecule has 0 saturated carbocycles. The van der Waals surface area contributed by atoms with E-state index in [9.17, 15) is 19.5 Å². The lowest BCUT2D eigenvalue weighted by Gasteiger charge is -2.34. The van der Waals surface area contributed by atoms with Crippen molar-refractivity contribution in [3.8, 4) is 0 Å². The lowest BCUT2D eigenvalue weighted by atomic mass is 9.92. The van der Waals surface area contributed by atoms with E-state index in [-0.39, 0.29) is 24.8 Å². The highest BCUT2D eigenvalue weighted by atomic mass is 16.5. The first-order valence-electron chi connectivity index (χ1n) is 16.3. The molecule has 0 spiro atoms. The average molecular weight is 668 g/mol. The van der Waals surface area contributed by atoms with Gasteiger partial charge in [-0.25, -0.2) is 19.5 Å². The van der Waals surface area contributed by atoms with Crippen molar-refractivity contribution in [1.29, 1.82) is 0 Å². The van der Waals surface area contributed by atoms with Crippen LogP contribution >= 0.6 is 0 Å². The molecule has 2 heterocycles. The maximum atomic E-state index is 14.2. The van der Waals surface area contributed by atoms with Crippen LogP contribution < -0.4 is 15.5 Å². The Morgan fingerprint density at radius 3 is 2.08 bits per heavy atom. The number of nitrogens with zero attached hydrogens (tertiary/aromatic N) is 3. The Balaban J connectivity index is 1.59. The van der Waals surface area contributed by atoms with Gasteiger partial charge in [0, 0.05) is 29.7 Å². The largest absolute Gasteiger partial charge is 0.452 e. The number of anilines is 1. The van der Waals surface area contributed by atoms with E-state index in [1.54, 1.807) is 43.6 Å². The van der Waals surface area contributed by atoms with Gasteiger partial charge in [-0.1, -0.05) is 86.6 Å². The first-order chi connectivity index (χ1) is 23.6. The van der Waals surface area contributed by atoms with Crippen LogP contribution in [-0.4, -0.2) is 64.5 Å². The summed E-state index contributed by atoms with van der Waals surface area (Å²) in [6.45, 7) is 5.49. The van der Waals surface area contributed by atoms with Gasteiger partial charge in [-0.2, -0.15) is 0 Å². The molecule has 0 fully saturated rings. The standard InChI is InChI=1S/C38H45N5O6/c1-26(2)35(43(38(47)48-4)34-19-11-13-27(3)40-34)36(45)42-32(22-29-16-9-6-10-17-29)33(44)23-31(21-28-14-7-5-8-15-28)41-37(46)49-25-30-18-12-20-39-24-30/h5-20,24,26,31-33,35,44H,21-23,25H2,1-4H3,(H,41,46)(H,42,45)/t31-,32-,33-,35-/m0/s1. The number of pyridine rings is 2. The number of ether oxygens (including phenoxy) is 2. The summed E-state index contributed by atoms with van der Waals surface area (Å²) in [5, 5.41) is 17.8. The molecule has 3 N–H and O–H groups in total. The number of amides is 3. The van der Waals surface area contributed by atoms with Gasteiger partial charge >= 0.3 is 12.2 Å². The van der Waals surface area contributed by atoms with Gasteiger partial charge in [-0.15, -0.1) is 0 Å². The number of carbonyl (C=O) groups is 3. The number of alkyl carbamates (subject to hydrolysis) is 1. The molecule has 0 bridgehead atoms. The zero-order valence-corrected chi connectivity index (χ0v) is 28.4. The maximum absolute atomic E-state index is 14.2. The molecule has 0 aliphatic carbocycles. The number of rotatable bonds is 15. The van der Waals surface area contributed by atoms with Gasteiger partial charge in [-0.05, 0) is 61.4 Å². The molecule has 49 heavy (non-hydrogen) atoms. The number of aliphatic hydroxyl groups is 1. The summed E-state index contributed by atoms with van der Waals surface area (Å²) in [6, 6.07) is 25.5. The van der Waals surface area contributed by atoms with Crippen LogP contribution in [0.25, 0.3) is 0 Å². The van der Waals surface area contributed by atoms with Gasteiger partial charge in [0.05, 0.1) is 19.3 Å². The van der Waals surface area contributed by atoms with E-state index in [4.69, 9.17) is 9.47 Å². The van der Waals surface area contributed by atoms with Gasteiger partial charge < -0.3 is 25.2 Å². The quantitative estimate of drug-likeness (QED) is 0.153. The topological polar surface area (TPSA) is 143 Å². The second kappa shape index (κ2) is 18.3. The normalized spacial score (nSPS) is 13.4. The van der Waals surface area contributed by atoms with Crippen molar-refractivity contribution in [2.24, 2.45) is 5.92 Å². The number of benzene rings is 2. The van der Waals surface area contributed by atoms with Crippen molar-refractivity contribution in [1.82, 2.24) is 20.6 Å². The fourth-order valence-corrected chi connectivity index (χ4v) is 5.64. The van der Waals surface area contributed by atoms with E-state index in [2.05, 4.69) is 20.6 Å². The van der Waals surface area contributed by atoms with Gasteiger partial charge in [-0.3, -0.25) is 9.78 Å². The summed E-state index contributed by atoms with van der Waals surface area (Å²) < 4.78 is 10.6. The van der Waals surface area contributed by atoms with Gasteiger partial charge in [0.25, 0.3) is 0 Å². The maximum Gasteiger partial charge on any atom is 0.415 e. The minimum Gasteiger partial charge on any atom is -0.452 e. The first kappa shape index (κ1) is 36.5. The molecule has 3 amide bonds. The van der Waals surface area contributed by atoms with E-state index in [1.807, 2.05) is 80.6 Å². The van der Waals surface area contributed by atoms with Crippen LogP contribution in [0.15, 0.2) is 103 Å². The van der Waals surface area contributed by atoms with Crippen molar-refractivity contribution in [3.63, 3.8) is 0 Å². The van der Waals surface area contributed by atoms with Crippen LogP contribution in [-0.2, 0) is 33.7 Å². The monoisotopic (exact) mass is 667 g/mol. The third-order valence-electron chi connectivity index (χ3n) is 8.03. The van der Waals surface area contributed by atoms with Crippen molar-refractivity contribution >= 4 is 23.9 Å². The number of aryl methyl sites for hydroxylation is 1. The van der Waals surface area contributed by atoms with Crippen LogP contribution in [0.5, 0.6) is 0 Å². The molecule has 0 aliphatic rings. The molecular formula is C38H45N5O6. The third-order valence-corrected chi connectivity index (χ3v) is 8.03. The fourth-order valence-electron chi connectivity index (χ4n) is 5.64. The Hall–Kier alpha value is -5.29. The lowest BCUT2D eigenvalue weighted by Crippen LogP contribution is -2.57. The Kier molecular flexibility index (Phi) is 13.7. The smallest absolute Gasteiger partial charge is 0.415 e. The molecule has 2 aromatic carbocycles. The second-order valence-electron chi connectivity index (χ2n) is 12.2. The van der Waals surface area contributed by atoms with Gasteiger partial charge in [0.2, 0.25) is 5.91 Å². The first-order valence-corrected chi connectivity index (χ1v) is 16.3. The molecule has 4 rings (SSSR count). The van der Waals surface area contributed by atoms with Crippen LogP contribution in [0.4, 0.5) is 15.4 Å². The van der Waals surface area contributed by atoms with E-state index in [0.29, 0.717) is 18.5 Å². The predicted molar refractivity (Wildman–Crippen MR) is 187 cm³/mol. The number of methoxy groups -OCH3 is 1. The Labute approximate surface area is 287 Å². The number of aromatic nitrogens is 2. The molecule has 0 saturated heterocycles. The van der Waals surface area contributed by atoms with Crippen molar-refractivity contribution < 1.29 is 29.0 Å². The zero-order valence-electron chi connectivity index (χ0n) is 28.4. The number of hydrogen-bond donors (Lipinski definition) is 3. The molecule has 0 radical (unpaired) electrons. The summed E-state index contributed by atoms with van der Waals surface area (Å²) in [5.41, 5.74) is 3.25. The molecular weight excluding hydrogens is 622 g/mol. The van der Waals surface area contributed by atoms with Crippen molar-refractivity contribution in [2.75, 3.05) is 12.0 Å². The molecule has 258 valence electrons. The predicted octanol–water partition coefficient (Wildman–Crippen LogP) is 5.40. The Morgan fingerprint density at radius 2 is 1.49 bits per heavy atom. The zero-order chi connectivity index (χ0) is 35.2. The summed E-state index contributed by atoms with van der Waals surface area (Å²) >= 11 is 0. The van der Waals surface area contributed by atoms with Gasteiger partial charge in [0.15, 0.2) is 0 Å². The molecule has 11 nitrogen and oxygen atoms in total. The van der Waals surface area contributed by atoms with E-state index < -0.39 is 42.3 Å². The minimum absolute atomic E-state index is 0.0378. The molecule has 4 atom stereocenters. The van der Waals surface area contributed by atoms with Crippen LogP contribution in [0.2, 0.25) is 0 Å². The summed E-state index contributed by atoms with van der Waals surface area (Å²) in [6.07, 6.45) is 1.59. The third kappa shape index (κ3) is 11.1. The summed E-state index contributed by atoms with van der Waals surface area (Å²) in [4.78, 5) is 50.1. The Morgan fingerprint density at radius 1 is 0.837 bits per heavy atom. The number of aliphatic hydroxyl groups excluding tert-OH is 1. The number of nitrogens with one attached hydrogen (secondary N) is 2. The summed E-state index contributed by atoms with van der Waals surface area (Å²) in [7, 11) is 1.25. The Bertz CT molecular complexity index is 1620. The van der Waals surface area contributed by atoms with Crippen LogP contribution in [0.1, 0.15) is 42.7 Å². The molecule has 4 aromatic rings. The van der Waals surface area contributed by atoms with Gasteiger partial charge in [0.1, 0.15) is 18.5 Å². The molecule has 0 unspecified atom stereocenters. The number of carbonyl (C=O) groups excluding carboxylic acids is 3. The van der Waals surface area contributed by atoms with Crippen LogP contribution in [0, 0.1) is 12.8 Å². The SMILES string of the molecule is COC(=O)N(c1cccc(C)n1)[C@H](C(=O)N[C@@H](Cc1ccccc1)[C@@H](O)C[C@H](Cc1ccccc1)NC(=O)OCc1cccnc1)C(C)C. The lowest BCUT2D eigenvalue weighted by molar-refractivity contribution is -0.125. The highest BCUT2D eigenvalue weighted by Gasteiger charge is 2.37. The van der Waals surface area contributed by atoms with Crippen LogP contribution in [0.3, 0.4) is 0 Å². The molecule has 0 aliphatic heterocycles. The summed E-state index contributed by atoms with van der Waals surface area (Å²) in [5.74, 6) is -0.553. The second-order valence-corrected chi connectivity index (χ2v) is 12.2. The minimum atomic E-state index is -1.10. The van der Waals surface area contributed by atoms with Crippen molar-refractivity contribution in [2.45, 2.75) is 70.9 Å². The average Bonchev–Trinajstić information content (AvgIpc) is 3.10. The van der Waals surface area contributed by atoms with Crippen molar-refractivity contribution in [3.05, 3.63) is 126 Å². The van der Waals surface area contributed by atoms with E-state index in [1.165, 1.54) is 12.0 Å². The molecule has 2 aromatic heterocycles. The highest BCUT2D eigenvalue weighted by molar-refractivity contribution is 5.97. The highest BCUT2D eigenvalue weighted by Crippen LogP contribution is 2.22. The van der Waals surface area contributed by atoms with E-state index >= 15 is 0 Å². The fraction of sp³-hybridized carbons (Fsp3) is 0.342.